The first-order chi connectivity index (χ1) is 9.60. The number of amides is 1. The Labute approximate surface area is 116 Å². The second kappa shape index (κ2) is 6.07. The number of benzene rings is 1. The van der Waals surface area contributed by atoms with Gasteiger partial charge in [0, 0.05) is 18.9 Å². The third-order valence-corrected chi connectivity index (χ3v) is 2.77. The van der Waals surface area contributed by atoms with E-state index in [1.165, 1.54) is 0 Å². The summed E-state index contributed by atoms with van der Waals surface area (Å²) < 4.78 is 6.73. The van der Waals surface area contributed by atoms with Crippen LogP contribution in [0.15, 0.2) is 30.6 Å². The summed E-state index contributed by atoms with van der Waals surface area (Å²) in [6.07, 6.45) is 3.50. The third-order valence-electron chi connectivity index (χ3n) is 2.77. The molecule has 20 heavy (non-hydrogen) atoms. The van der Waals surface area contributed by atoms with Gasteiger partial charge in [-0.3, -0.25) is 9.48 Å². The fourth-order valence-corrected chi connectivity index (χ4v) is 1.71. The van der Waals surface area contributed by atoms with Crippen molar-refractivity contribution < 1.29 is 9.53 Å². The van der Waals surface area contributed by atoms with Crippen LogP contribution in [-0.2, 0) is 11.3 Å². The molecule has 106 valence electrons. The zero-order chi connectivity index (χ0) is 14.5. The topological polar surface area (TPSA) is 108 Å². The van der Waals surface area contributed by atoms with Crippen molar-refractivity contribution in [3.63, 3.8) is 0 Å². The molecule has 7 heteroatoms. The molecule has 1 aromatic heterocycles. The number of anilines is 3. The van der Waals surface area contributed by atoms with Crippen molar-refractivity contribution in [3.8, 4) is 0 Å². The summed E-state index contributed by atoms with van der Waals surface area (Å²) >= 11 is 0. The summed E-state index contributed by atoms with van der Waals surface area (Å²) in [6, 6.07) is 4.84. The van der Waals surface area contributed by atoms with E-state index >= 15 is 0 Å². The van der Waals surface area contributed by atoms with Crippen molar-refractivity contribution in [2.24, 2.45) is 5.73 Å². The van der Waals surface area contributed by atoms with E-state index < -0.39 is 5.91 Å². The van der Waals surface area contributed by atoms with Crippen molar-refractivity contribution in [2.75, 3.05) is 24.8 Å². The molecule has 0 spiro atoms. The van der Waals surface area contributed by atoms with E-state index in [1.54, 1.807) is 36.2 Å². The Morgan fingerprint density at radius 2 is 2.30 bits per heavy atom. The van der Waals surface area contributed by atoms with Gasteiger partial charge >= 0.3 is 0 Å². The number of methoxy groups -OCH3 is 1. The molecule has 0 radical (unpaired) electrons. The van der Waals surface area contributed by atoms with Crippen LogP contribution in [0, 0.1) is 0 Å². The first kappa shape index (κ1) is 13.9. The van der Waals surface area contributed by atoms with Gasteiger partial charge in [-0.05, 0) is 18.2 Å². The van der Waals surface area contributed by atoms with Crippen LogP contribution in [0.3, 0.4) is 0 Å². The highest BCUT2D eigenvalue weighted by Crippen LogP contribution is 2.24. The number of nitrogen functional groups attached to an aromatic ring is 1. The van der Waals surface area contributed by atoms with Crippen LogP contribution in [0.1, 0.15) is 10.4 Å². The van der Waals surface area contributed by atoms with Crippen LogP contribution in [0.25, 0.3) is 0 Å². The van der Waals surface area contributed by atoms with E-state index in [-0.39, 0.29) is 0 Å². The van der Waals surface area contributed by atoms with Gasteiger partial charge in [0.05, 0.1) is 36.4 Å². The summed E-state index contributed by atoms with van der Waals surface area (Å²) in [6.45, 7) is 1.25. The van der Waals surface area contributed by atoms with E-state index in [0.29, 0.717) is 30.1 Å². The van der Waals surface area contributed by atoms with Gasteiger partial charge < -0.3 is 21.5 Å². The molecule has 2 aromatic rings. The molecule has 0 saturated carbocycles. The standard InChI is InChI=1S/C13H17N5O2/c1-20-5-4-18-8-10(7-16-18)17-12-6-9(13(15)19)2-3-11(12)14/h2-3,6-8,17H,4-5,14H2,1H3,(H2,15,19). The molecule has 0 aliphatic heterocycles. The SMILES string of the molecule is COCCn1cc(Nc2cc(C(N)=O)ccc2N)cn1. The minimum Gasteiger partial charge on any atom is -0.397 e. The van der Waals surface area contributed by atoms with Gasteiger partial charge in [0.1, 0.15) is 0 Å². The third kappa shape index (κ3) is 3.27. The van der Waals surface area contributed by atoms with E-state index in [1.807, 2.05) is 6.20 Å². The maximum absolute atomic E-state index is 11.2. The summed E-state index contributed by atoms with van der Waals surface area (Å²) in [5, 5.41) is 7.29. The Kier molecular flexibility index (Phi) is 4.21. The van der Waals surface area contributed by atoms with Crippen LogP contribution in [-0.4, -0.2) is 29.4 Å². The van der Waals surface area contributed by atoms with Crippen molar-refractivity contribution in [3.05, 3.63) is 36.2 Å². The average Bonchev–Trinajstić information content (AvgIpc) is 2.86. The van der Waals surface area contributed by atoms with Gasteiger partial charge in [-0.2, -0.15) is 5.10 Å². The smallest absolute Gasteiger partial charge is 0.248 e. The molecule has 2 rings (SSSR count). The predicted molar refractivity (Wildman–Crippen MR) is 76.8 cm³/mol. The number of nitrogens with zero attached hydrogens (tertiary/aromatic N) is 2. The van der Waals surface area contributed by atoms with Gasteiger partial charge in [0.15, 0.2) is 0 Å². The van der Waals surface area contributed by atoms with Gasteiger partial charge in [-0.25, -0.2) is 0 Å². The average molecular weight is 275 g/mol. The van der Waals surface area contributed by atoms with Gasteiger partial charge in [0.2, 0.25) is 5.91 Å². The second-order valence-corrected chi connectivity index (χ2v) is 4.28. The van der Waals surface area contributed by atoms with Crippen LogP contribution in [0.4, 0.5) is 17.1 Å². The highest BCUT2D eigenvalue weighted by atomic mass is 16.5. The monoisotopic (exact) mass is 275 g/mol. The molecule has 1 aromatic carbocycles. The van der Waals surface area contributed by atoms with Gasteiger partial charge in [-0.1, -0.05) is 0 Å². The van der Waals surface area contributed by atoms with Crippen LogP contribution in [0.2, 0.25) is 0 Å². The number of rotatable bonds is 6. The van der Waals surface area contributed by atoms with Crippen molar-refractivity contribution >= 4 is 23.0 Å². The predicted octanol–water partition coefficient (Wildman–Crippen LogP) is 0.954. The lowest BCUT2D eigenvalue weighted by Gasteiger charge is -2.08. The summed E-state index contributed by atoms with van der Waals surface area (Å²) in [7, 11) is 1.64. The van der Waals surface area contributed by atoms with E-state index in [9.17, 15) is 4.79 Å². The fourth-order valence-electron chi connectivity index (χ4n) is 1.71. The maximum atomic E-state index is 11.2. The maximum Gasteiger partial charge on any atom is 0.248 e. The van der Waals surface area contributed by atoms with E-state index in [2.05, 4.69) is 10.4 Å². The Morgan fingerprint density at radius 3 is 3.00 bits per heavy atom. The Bertz CT molecular complexity index is 609. The molecule has 0 unspecified atom stereocenters. The highest BCUT2D eigenvalue weighted by molar-refractivity contribution is 5.95. The Morgan fingerprint density at radius 1 is 1.50 bits per heavy atom. The van der Waals surface area contributed by atoms with Crippen LogP contribution < -0.4 is 16.8 Å². The number of aromatic nitrogens is 2. The normalized spacial score (nSPS) is 10.4. The number of hydrogen-bond acceptors (Lipinski definition) is 5. The van der Waals surface area contributed by atoms with Crippen molar-refractivity contribution in [1.29, 1.82) is 0 Å². The molecule has 0 bridgehead atoms. The van der Waals surface area contributed by atoms with Crippen LogP contribution in [0.5, 0.6) is 0 Å². The fraction of sp³-hybridized carbons (Fsp3) is 0.231. The molecule has 0 saturated heterocycles. The number of nitrogens with one attached hydrogen (secondary N) is 1. The quantitative estimate of drug-likeness (QED) is 0.680. The van der Waals surface area contributed by atoms with Crippen molar-refractivity contribution in [1.82, 2.24) is 9.78 Å². The number of carbonyl (C=O) groups is 1. The molecular weight excluding hydrogens is 258 g/mol. The Balaban J connectivity index is 2.14. The Hall–Kier alpha value is -2.54. The van der Waals surface area contributed by atoms with E-state index in [4.69, 9.17) is 16.2 Å². The molecular formula is C13H17N5O2. The molecule has 0 atom stereocenters. The van der Waals surface area contributed by atoms with E-state index in [0.717, 1.165) is 5.69 Å². The summed E-state index contributed by atoms with van der Waals surface area (Å²) in [5.74, 6) is -0.496. The first-order valence-electron chi connectivity index (χ1n) is 6.08. The molecule has 0 aliphatic rings. The van der Waals surface area contributed by atoms with Gasteiger partial charge in [-0.15, -0.1) is 0 Å². The minimum atomic E-state index is -0.496. The molecule has 1 heterocycles. The number of ether oxygens (including phenoxy) is 1. The number of hydrogen-bond donors (Lipinski definition) is 3. The second-order valence-electron chi connectivity index (χ2n) is 4.28. The number of carbonyl (C=O) groups excluding carboxylic acids is 1. The van der Waals surface area contributed by atoms with Crippen LogP contribution >= 0.6 is 0 Å². The largest absolute Gasteiger partial charge is 0.397 e. The molecule has 7 nitrogen and oxygen atoms in total. The summed E-state index contributed by atoms with van der Waals surface area (Å²) in [4.78, 5) is 11.2. The molecule has 5 N–H and O–H groups in total. The molecule has 0 fully saturated rings. The minimum absolute atomic E-state index is 0.397. The lowest BCUT2D eigenvalue weighted by atomic mass is 10.1. The number of primary amides is 1. The number of nitrogens with two attached hydrogens (primary N) is 2. The lowest BCUT2D eigenvalue weighted by Crippen LogP contribution is -2.11. The van der Waals surface area contributed by atoms with Crippen molar-refractivity contribution in [2.45, 2.75) is 6.54 Å². The molecule has 1 amide bonds. The zero-order valence-corrected chi connectivity index (χ0v) is 11.2. The highest BCUT2D eigenvalue weighted by Gasteiger charge is 2.06. The lowest BCUT2D eigenvalue weighted by molar-refractivity contribution is 0.100. The van der Waals surface area contributed by atoms with Gasteiger partial charge in [0.25, 0.3) is 0 Å². The first-order valence-corrected chi connectivity index (χ1v) is 6.08. The summed E-state index contributed by atoms with van der Waals surface area (Å²) in [5.41, 5.74) is 13.4. The molecule has 0 aliphatic carbocycles. The zero-order valence-electron chi connectivity index (χ0n) is 11.2.